The van der Waals surface area contributed by atoms with Crippen LogP contribution in [0.5, 0.6) is 0 Å². The highest BCUT2D eigenvalue weighted by Gasteiger charge is 2.21. The number of nitrogen functional groups attached to an aromatic ring is 1. The van der Waals surface area contributed by atoms with Gasteiger partial charge in [0.1, 0.15) is 23.6 Å². The maximum absolute atomic E-state index is 14.0. The molecule has 0 atom stereocenters. The van der Waals surface area contributed by atoms with E-state index in [0.29, 0.717) is 28.8 Å². The predicted molar refractivity (Wildman–Crippen MR) is 72.6 cm³/mol. The van der Waals surface area contributed by atoms with Crippen LogP contribution in [0, 0.1) is 31.3 Å². The van der Waals surface area contributed by atoms with Crippen LogP contribution in [-0.2, 0) is 0 Å². The molecule has 0 aliphatic rings. The molecule has 3 aromatic rings. The molecule has 0 aliphatic heterocycles. The predicted octanol–water partition coefficient (Wildman–Crippen LogP) is 3.04. The lowest BCUT2D eigenvalue weighted by Crippen LogP contribution is -2.05. The largest absolute Gasteiger partial charge is 0.383 e. The van der Waals surface area contributed by atoms with Gasteiger partial charge in [0.25, 0.3) is 0 Å². The summed E-state index contributed by atoms with van der Waals surface area (Å²) in [5.41, 5.74) is 6.97. The Balaban J connectivity index is 2.48. The first-order valence-electron chi connectivity index (χ1n) is 6.14. The van der Waals surface area contributed by atoms with Gasteiger partial charge in [0.2, 0.25) is 0 Å². The second kappa shape index (κ2) is 4.47. The highest BCUT2D eigenvalue weighted by Crippen LogP contribution is 2.32. The fraction of sp³-hybridized carbons (Fsp3) is 0.143. The topological polar surface area (TPSA) is 56.7 Å². The van der Waals surface area contributed by atoms with Gasteiger partial charge in [0.05, 0.1) is 5.39 Å². The van der Waals surface area contributed by atoms with E-state index in [0.717, 1.165) is 0 Å². The van der Waals surface area contributed by atoms with Gasteiger partial charge >= 0.3 is 0 Å². The molecule has 0 radical (unpaired) electrons. The molecule has 0 saturated carbocycles. The number of benzene rings is 1. The van der Waals surface area contributed by atoms with E-state index in [1.807, 2.05) is 0 Å². The van der Waals surface area contributed by atoms with Crippen molar-refractivity contribution in [2.45, 2.75) is 13.8 Å². The van der Waals surface area contributed by atoms with E-state index in [4.69, 9.17) is 5.73 Å². The molecular weight excluding hydrogens is 281 g/mol. The van der Waals surface area contributed by atoms with Gasteiger partial charge in [-0.25, -0.2) is 23.1 Å². The summed E-state index contributed by atoms with van der Waals surface area (Å²) in [4.78, 5) is 7.93. The van der Waals surface area contributed by atoms with Crippen molar-refractivity contribution in [3.8, 4) is 5.69 Å². The number of nitrogens with zero attached hydrogens (tertiary/aromatic N) is 3. The van der Waals surface area contributed by atoms with Gasteiger partial charge in [0, 0.05) is 17.8 Å². The van der Waals surface area contributed by atoms with Crippen LogP contribution in [0.2, 0.25) is 0 Å². The number of fused-ring (bicyclic) bond motifs is 1. The van der Waals surface area contributed by atoms with Gasteiger partial charge in [-0.2, -0.15) is 0 Å². The normalized spacial score (nSPS) is 11.3. The Labute approximate surface area is 118 Å². The summed E-state index contributed by atoms with van der Waals surface area (Å²) in [5, 5.41) is 0.526. The molecular formula is C14H11F3N4. The van der Waals surface area contributed by atoms with Crippen molar-refractivity contribution in [3.05, 3.63) is 47.2 Å². The Morgan fingerprint density at radius 2 is 1.67 bits per heavy atom. The lowest BCUT2D eigenvalue weighted by atomic mass is 10.2. The average molecular weight is 292 g/mol. The molecule has 0 fully saturated rings. The van der Waals surface area contributed by atoms with E-state index in [9.17, 15) is 13.2 Å². The molecule has 21 heavy (non-hydrogen) atoms. The second-order valence-corrected chi connectivity index (χ2v) is 4.72. The van der Waals surface area contributed by atoms with Crippen molar-refractivity contribution < 1.29 is 13.2 Å². The lowest BCUT2D eigenvalue weighted by molar-refractivity contribution is 0.534. The van der Waals surface area contributed by atoms with Crippen LogP contribution in [0.3, 0.4) is 0 Å². The molecule has 1 aromatic carbocycles. The fourth-order valence-corrected chi connectivity index (χ4v) is 2.45. The van der Waals surface area contributed by atoms with E-state index in [1.165, 1.54) is 10.9 Å². The minimum absolute atomic E-state index is 0.224. The Morgan fingerprint density at radius 1 is 1.05 bits per heavy atom. The first-order valence-corrected chi connectivity index (χ1v) is 6.14. The lowest BCUT2D eigenvalue weighted by Gasteiger charge is -2.10. The van der Waals surface area contributed by atoms with Crippen molar-refractivity contribution in [1.82, 2.24) is 14.5 Å². The number of hydrogen-bond acceptors (Lipinski definition) is 3. The van der Waals surface area contributed by atoms with Crippen LogP contribution in [0.4, 0.5) is 19.0 Å². The Morgan fingerprint density at radius 3 is 2.29 bits per heavy atom. The van der Waals surface area contributed by atoms with Crippen LogP contribution in [0.25, 0.3) is 16.7 Å². The third-order valence-electron chi connectivity index (χ3n) is 3.53. The zero-order valence-corrected chi connectivity index (χ0v) is 11.3. The number of anilines is 1. The molecule has 0 unspecified atom stereocenters. The Hall–Kier alpha value is -2.57. The summed E-state index contributed by atoms with van der Waals surface area (Å²) in [6.07, 6.45) is 1.21. The molecule has 0 aliphatic carbocycles. The van der Waals surface area contributed by atoms with Crippen molar-refractivity contribution in [1.29, 1.82) is 0 Å². The Kier molecular flexibility index (Phi) is 2.86. The first kappa shape index (κ1) is 13.4. The molecule has 4 nitrogen and oxygen atoms in total. The third kappa shape index (κ3) is 1.84. The van der Waals surface area contributed by atoms with Crippen LogP contribution in [0.15, 0.2) is 18.5 Å². The van der Waals surface area contributed by atoms with Crippen molar-refractivity contribution in [2.24, 2.45) is 0 Å². The zero-order chi connectivity index (χ0) is 15.3. The summed E-state index contributed by atoms with van der Waals surface area (Å²) in [6.45, 7) is 3.44. The summed E-state index contributed by atoms with van der Waals surface area (Å²) in [7, 11) is 0. The van der Waals surface area contributed by atoms with Gasteiger partial charge in [0.15, 0.2) is 17.3 Å². The molecule has 2 heterocycles. The summed E-state index contributed by atoms with van der Waals surface area (Å²) >= 11 is 0. The number of aromatic nitrogens is 3. The fourth-order valence-electron chi connectivity index (χ4n) is 2.45. The smallest absolute Gasteiger partial charge is 0.153 e. The molecule has 0 bridgehead atoms. The average Bonchev–Trinajstić information content (AvgIpc) is 2.64. The summed E-state index contributed by atoms with van der Waals surface area (Å²) in [5.74, 6) is -2.77. The molecule has 3 rings (SSSR count). The van der Waals surface area contributed by atoms with Gasteiger partial charge < -0.3 is 5.73 Å². The number of hydrogen-bond donors (Lipinski definition) is 1. The van der Waals surface area contributed by atoms with E-state index < -0.39 is 17.5 Å². The summed E-state index contributed by atoms with van der Waals surface area (Å²) < 4.78 is 42.4. The number of rotatable bonds is 1. The standard InChI is InChI=1S/C14H11F3N4/c1-6-7(2)21(14-11(6)13(18)19-5-20-14)12-9(16)3-8(15)4-10(12)17/h3-5H,1-2H3,(H2,18,19,20). The van der Waals surface area contributed by atoms with Gasteiger partial charge in [-0.1, -0.05) is 0 Å². The first-order chi connectivity index (χ1) is 9.91. The van der Waals surface area contributed by atoms with Crippen LogP contribution < -0.4 is 5.73 Å². The minimum Gasteiger partial charge on any atom is -0.383 e. The molecule has 0 spiro atoms. The monoisotopic (exact) mass is 292 g/mol. The second-order valence-electron chi connectivity index (χ2n) is 4.72. The maximum atomic E-state index is 14.0. The zero-order valence-electron chi connectivity index (χ0n) is 11.3. The molecule has 108 valence electrons. The maximum Gasteiger partial charge on any atom is 0.153 e. The van der Waals surface area contributed by atoms with E-state index in [-0.39, 0.29) is 17.2 Å². The van der Waals surface area contributed by atoms with Crippen LogP contribution in [0.1, 0.15) is 11.3 Å². The third-order valence-corrected chi connectivity index (χ3v) is 3.53. The molecule has 2 N–H and O–H groups in total. The highest BCUT2D eigenvalue weighted by molar-refractivity contribution is 5.92. The van der Waals surface area contributed by atoms with Crippen LogP contribution >= 0.6 is 0 Å². The SMILES string of the molecule is Cc1c(C)n(-c2c(F)cc(F)cc2F)c2ncnc(N)c12. The van der Waals surface area contributed by atoms with Crippen LogP contribution in [-0.4, -0.2) is 14.5 Å². The Bertz CT molecular complexity index is 847. The number of nitrogens with two attached hydrogens (primary N) is 1. The quantitative estimate of drug-likeness (QED) is 0.750. The van der Waals surface area contributed by atoms with E-state index in [1.54, 1.807) is 13.8 Å². The van der Waals surface area contributed by atoms with Crippen molar-refractivity contribution >= 4 is 16.9 Å². The van der Waals surface area contributed by atoms with Gasteiger partial charge in [-0.15, -0.1) is 0 Å². The number of halogens is 3. The molecule has 0 amide bonds. The van der Waals surface area contributed by atoms with Gasteiger partial charge in [-0.3, -0.25) is 4.57 Å². The minimum atomic E-state index is -1.01. The van der Waals surface area contributed by atoms with Crippen molar-refractivity contribution in [2.75, 3.05) is 5.73 Å². The summed E-state index contributed by atoms with van der Waals surface area (Å²) in [6, 6.07) is 1.26. The van der Waals surface area contributed by atoms with Crippen molar-refractivity contribution in [3.63, 3.8) is 0 Å². The van der Waals surface area contributed by atoms with Gasteiger partial charge in [-0.05, 0) is 19.4 Å². The molecule has 2 aromatic heterocycles. The molecule has 7 heteroatoms. The molecule has 0 saturated heterocycles. The number of aryl methyl sites for hydroxylation is 1. The highest BCUT2D eigenvalue weighted by atomic mass is 19.1. The van der Waals surface area contributed by atoms with E-state index >= 15 is 0 Å². The van der Waals surface area contributed by atoms with E-state index in [2.05, 4.69) is 9.97 Å².